The zero-order valence-corrected chi connectivity index (χ0v) is 9.58. The fourth-order valence-electron chi connectivity index (χ4n) is 0.881. The van der Waals surface area contributed by atoms with E-state index in [-0.39, 0.29) is 0 Å². The quantitative estimate of drug-likeness (QED) is 0.739. The first kappa shape index (κ1) is 10.8. The van der Waals surface area contributed by atoms with Crippen molar-refractivity contribution in [3.8, 4) is 0 Å². The van der Waals surface area contributed by atoms with Gasteiger partial charge in [0.2, 0.25) is 0 Å². The molecule has 0 saturated heterocycles. The van der Waals surface area contributed by atoms with Crippen LogP contribution < -0.4 is 0 Å². The maximum absolute atomic E-state index is 11.8. The standard InChI is InChI=1S/C8H9Cl2NOS/c1-11-13(2,12)8-4-3-6(9)5-7(8)10/h3-5H,1-2H3/t13-/m0/s1. The molecule has 5 heteroatoms. The summed E-state index contributed by atoms with van der Waals surface area (Å²) in [6.45, 7) is 0. The Balaban J connectivity index is 3.42. The molecule has 0 aliphatic carbocycles. The van der Waals surface area contributed by atoms with E-state index in [1.54, 1.807) is 24.5 Å². The Kier molecular flexibility index (Phi) is 3.22. The van der Waals surface area contributed by atoms with Gasteiger partial charge in [0.1, 0.15) is 0 Å². The molecule has 0 fully saturated rings. The first-order valence-electron chi connectivity index (χ1n) is 3.52. The Labute approximate surface area is 88.0 Å². The minimum atomic E-state index is -2.36. The molecule has 0 unspecified atom stereocenters. The molecule has 1 rings (SSSR count). The van der Waals surface area contributed by atoms with Crippen LogP contribution in [0.5, 0.6) is 0 Å². The molecule has 0 amide bonds. The second-order valence-corrected chi connectivity index (χ2v) is 5.81. The van der Waals surface area contributed by atoms with Crippen molar-refractivity contribution in [2.24, 2.45) is 4.36 Å². The van der Waals surface area contributed by atoms with E-state index in [9.17, 15) is 4.21 Å². The minimum absolute atomic E-state index is 0.394. The minimum Gasteiger partial charge on any atom is -0.245 e. The van der Waals surface area contributed by atoms with Crippen LogP contribution in [0, 0.1) is 0 Å². The zero-order valence-electron chi connectivity index (χ0n) is 7.25. The molecule has 0 saturated carbocycles. The van der Waals surface area contributed by atoms with Gasteiger partial charge in [-0.1, -0.05) is 23.2 Å². The van der Waals surface area contributed by atoms with Crippen molar-refractivity contribution in [1.29, 1.82) is 0 Å². The zero-order chi connectivity index (χ0) is 10.1. The second kappa shape index (κ2) is 3.86. The number of hydrogen-bond donors (Lipinski definition) is 0. The highest BCUT2D eigenvalue weighted by Crippen LogP contribution is 2.25. The molecule has 0 bridgehead atoms. The van der Waals surface area contributed by atoms with Gasteiger partial charge in [-0.3, -0.25) is 0 Å². The number of halogens is 2. The average Bonchev–Trinajstić information content (AvgIpc) is 2.03. The van der Waals surface area contributed by atoms with Crippen molar-refractivity contribution in [3.63, 3.8) is 0 Å². The molecule has 0 aromatic heterocycles. The van der Waals surface area contributed by atoms with Crippen molar-refractivity contribution >= 4 is 32.9 Å². The van der Waals surface area contributed by atoms with Gasteiger partial charge >= 0.3 is 0 Å². The van der Waals surface area contributed by atoms with E-state index in [0.29, 0.717) is 14.9 Å². The smallest absolute Gasteiger partial charge is 0.0735 e. The van der Waals surface area contributed by atoms with Crippen LogP contribution in [0.2, 0.25) is 10.0 Å². The molecule has 0 heterocycles. The summed E-state index contributed by atoms with van der Waals surface area (Å²) in [5.74, 6) is 0. The summed E-state index contributed by atoms with van der Waals surface area (Å²) in [5.41, 5.74) is 0. The summed E-state index contributed by atoms with van der Waals surface area (Å²) in [6.07, 6.45) is 1.54. The van der Waals surface area contributed by atoms with Crippen LogP contribution in [0.3, 0.4) is 0 Å². The van der Waals surface area contributed by atoms with E-state index in [2.05, 4.69) is 4.36 Å². The van der Waals surface area contributed by atoms with E-state index < -0.39 is 9.73 Å². The molecule has 1 aromatic carbocycles. The molecule has 0 spiro atoms. The van der Waals surface area contributed by atoms with E-state index in [1.807, 2.05) is 0 Å². The van der Waals surface area contributed by atoms with Gasteiger partial charge in [0.05, 0.1) is 19.6 Å². The van der Waals surface area contributed by atoms with Gasteiger partial charge in [-0.25, -0.2) is 8.57 Å². The molecule has 1 aromatic rings. The van der Waals surface area contributed by atoms with Crippen molar-refractivity contribution in [3.05, 3.63) is 28.2 Å². The number of hydrogen-bond acceptors (Lipinski definition) is 2. The molecule has 0 aliphatic rings. The monoisotopic (exact) mass is 237 g/mol. The van der Waals surface area contributed by atoms with E-state index in [1.165, 1.54) is 7.05 Å². The number of rotatable bonds is 1. The second-order valence-electron chi connectivity index (χ2n) is 2.56. The molecular formula is C8H9Cl2NOS. The highest BCUT2D eigenvalue weighted by molar-refractivity contribution is 7.93. The fourth-order valence-corrected chi connectivity index (χ4v) is 2.66. The first-order chi connectivity index (χ1) is 5.97. The third kappa shape index (κ3) is 2.36. The lowest BCUT2D eigenvalue weighted by Gasteiger charge is -2.05. The van der Waals surface area contributed by atoms with Crippen LogP contribution in [0.25, 0.3) is 0 Å². The first-order valence-corrected chi connectivity index (χ1v) is 6.20. The van der Waals surface area contributed by atoms with Gasteiger partial charge < -0.3 is 0 Å². The average molecular weight is 238 g/mol. The number of nitrogens with zero attached hydrogens (tertiary/aromatic N) is 1. The molecule has 0 aliphatic heterocycles. The predicted octanol–water partition coefficient (Wildman–Crippen LogP) is 3.08. The van der Waals surface area contributed by atoms with Crippen molar-refractivity contribution in [1.82, 2.24) is 0 Å². The van der Waals surface area contributed by atoms with Gasteiger partial charge in [0.25, 0.3) is 0 Å². The summed E-state index contributed by atoms with van der Waals surface area (Å²) in [7, 11) is -0.854. The SMILES string of the molecule is CN=[S@@](C)(=O)c1ccc(Cl)cc1Cl. The van der Waals surface area contributed by atoms with Crippen LogP contribution in [0.15, 0.2) is 27.5 Å². The van der Waals surface area contributed by atoms with Gasteiger partial charge in [-0.05, 0) is 18.2 Å². The lowest BCUT2D eigenvalue weighted by atomic mass is 10.4. The van der Waals surface area contributed by atoms with Crippen LogP contribution in [0.4, 0.5) is 0 Å². The van der Waals surface area contributed by atoms with Gasteiger partial charge in [-0.2, -0.15) is 0 Å². The Bertz CT molecular complexity index is 436. The summed E-state index contributed by atoms with van der Waals surface area (Å²) in [6, 6.07) is 4.85. The molecule has 13 heavy (non-hydrogen) atoms. The predicted molar refractivity (Wildman–Crippen MR) is 57.1 cm³/mol. The third-order valence-corrected chi connectivity index (χ3v) is 4.18. The van der Waals surface area contributed by atoms with Crippen molar-refractivity contribution < 1.29 is 4.21 Å². The van der Waals surface area contributed by atoms with Gasteiger partial charge in [0.15, 0.2) is 0 Å². The Morgan fingerprint density at radius 2 is 2.00 bits per heavy atom. The highest BCUT2D eigenvalue weighted by atomic mass is 35.5. The summed E-state index contributed by atoms with van der Waals surface area (Å²) in [5, 5.41) is 0.922. The van der Waals surface area contributed by atoms with Crippen LogP contribution in [-0.2, 0) is 9.73 Å². The fraction of sp³-hybridized carbons (Fsp3) is 0.250. The maximum atomic E-state index is 11.8. The van der Waals surface area contributed by atoms with E-state index in [4.69, 9.17) is 23.2 Å². The van der Waals surface area contributed by atoms with Crippen molar-refractivity contribution in [2.75, 3.05) is 13.3 Å². The number of benzene rings is 1. The molecular weight excluding hydrogens is 229 g/mol. The molecule has 72 valence electrons. The largest absolute Gasteiger partial charge is 0.245 e. The normalized spacial score (nSPS) is 15.1. The highest BCUT2D eigenvalue weighted by Gasteiger charge is 2.09. The lowest BCUT2D eigenvalue weighted by molar-refractivity contribution is 0.680. The Morgan fingerprint density at radius 3 is 2.46 bits per heavy atom. The van der Waals surface area contributed by atoms with Gasteiger partial charge in [0, 0.05) is 18.3 Å². The lowest BCUT2D eigenvalue weighted by Crippen LogP contribution is -1.97. The van der Waals surface area contributed by atoms with E-state index in [0.717, 1.165) is 0 Å². The van der Waals surface area contributed by atoms with Crippen LogP contribution in [-0.4, -0.2) is 17.5 Å². The Hall–Kier alpha value is -0.250. The Morgan fingerprint density at radius 1 is 1.38 bits per heavy atom. The van der Waals surface area contributed by atoms with Crippen LogP contribution in [0.1, 0.15) is 0 Å². The summed E-state index contributed by atoms with van der Waals surface area (Å²) < 4.78 is 15.6. The summed E-state index contributed by atoms with van der Waals surface area (Å²) in [4.78, 5) is 0.529. The van der Waals surface area contributed by atoms with Crippen LogP contribution >= 0.6 is 23.2 Å². The van der Waals surface area contributed by atoms with Crippen molar-refractivity contribution in [2.45, 2.75) is 4.90 Å². The maximum Gasteiger partial charge on any atom is 0.0735 e. The topological polar surface area (TPSA) is 29.4 Å². The molecule has 1 atom stereocenters. The third-order valence-electron chi connectivity index (χ3n) is 1.65. The van der Waals surface area contributed by atoms with Gasteiger partial charge in [-0.15, -0.1) is 0 Å². The van der Waals surface area contributed by atoms with E-state index >= 15 is 0 Å². The molecule has 2 nitrogen and oxygen atoms in total. The molecule has 0 radical (unpaired) electrons. The summed E-state index contributed by atoms with van der Waals surface area (Å²) >= 11 is 11.6. The molecule has 0 N–H and O–H groups in total.